The van der Waals surface area contributed by atoms with E-state index in [2.05, 4.69) is 5.32 Å². The van der Waals surface area contributed by atoms with E-state index in [9.17, 15) is 13.2 Å². The molecule has 2 saturated carbocycles. The van der Waals surface area contributed by atoms with E-state index in [4.69, 9.17) is 5.73 Å². The molecule has 0 spiro atoms. The Bertz CT molecular complexity index is 240. The Morgan fingerprint density at radius 2 is 1.88 bits per heavy atom. The van der Waals surface area contributed by atoms with Gasteiger partial charge in [-0.1, -0.05) is 0 Å². The fourth-order valence-electron chi connectivity index (χ4n) is 3.26. The molecule has 3 N–H and O–H groups in total. The molecule has 16 heavy (non-hydrogen) atoms. The molecule has 2 aliphatic rings. The summed E-state index contributed by atoms with van der Waals surface area (Å²) in [6.07, 6.45) is -1.19. The number of rotatable bonds is 4. The van der Waals surface area contributed by atoms with Gasteiger partial charge in [-0.05, 0) is 43.6 Å². The van der Waals surface area contributed by atoms with E-state index in [1.54, 1.807) is 0 Å². The normalized spacial score (nSPS) is 38.2. The van der Waals surface area contributed by atoms with Crippen molar-refractivity contribution in [2.24, 2.45) is 23.5 Å². The zero-order valence-electron chi connectivity index (χ0n) is 9.26. The Morgan fingerprint density at radius 1 is 1.19 bits per heavy atom. The third-order valence-corrected chi connectivity index (χ3v) is 4.12. The fourth-order valence-corrected chi connectivity index (χ4v) is 3.26. The van der Waals surface area contributed by atoms with Crippen molar-refractivity contribution >= 4 is 0 Å². The lowest BCUT2D eigenvalue weighted by Crippen LogP contribution is -2.41. The summed E-state index contributed by atoms with van der Waals surface area (Å²) < 4.78 is 35.8. The van der Waals surface area contributed by atoms with Crippen LogP contribution in [0.4, 0.5) is 13.2 Å². The standard InChI is InChI=1S/C11H19F3N2/c12-11(13,14)3-4-16-6-9-7-1-2-8(5-7)10(9)15/h7-10,16H,1-6,15H2. The first-order chi connectivity index (χ1) is 7.47. The minimum absolute atomic E-state index is 0.0180. The summed E-state index contributed by atoms with van der Waals surface area (Å²) in [7, 11) is 0. The quantitative estimate of drug-likeness (QED) is 0.732. The highest BCUT2D eigenvalue weighted by Gasteiger charge is 2.45. The average Bonchev–Trinajstić information content (AvgIpc) is 2.73. The van der Waals surface area contributed by atoms with Crippen molar-refractivity contribution in [3.8, 4) is 0 Å². The Balaban J connectivity index is 1.67. The van der Waals surface area contributed by atoms with E-state index in [0.717, 1.165) is 0 Å². The molecule has 0 aliphatic heterocycles. The molecule has 4 unspecified atom stereocenters. The molecule has 0 aromatic rings. The van der Waals surface area contributed by atoms with E-state index in [1.807, 2.05) is 0 Å². The zero-order valence-corrected chi connectivity index (χ0v) is 9.26. The van der Waals surface area contributed by atoms with Crippen LogP contribution in [0.1, 0.15) is 25.7 Å². The van der Waals surface area contributed by atoms with Gasteiger partial charge in [-0.25, -0.2) is 0 Å². The average molecular weight is 236 g/mol. The van der Waals surface area contributed by atoms with Crippen LogP contribution in [0.25, 0.3) is 0 Å². The highest BCUT2D eigenvalue weighted by molar-refractivity contribution is 4.99. The minimum Gasteiger partial charge on any atom is -0.327 e. The van der Waals surface area contributed by atoms with Crippen LogP contribution in [0.3, 0.4) is 0 Å². The topological polar surface area (TPSA) is 38.0 Å². The lowest BCUT2D eigenvalue weighted by atomic mass is 9.85. The van der Waals surface area contributed by atoms with E-state index in [0.29, 0.717) is 24.3 Å². The van der Waals surface area contributed by atoms with Gasteiger partial charge >= 0.3 is 6.18 Å². The summed E-state index contributed by atoms with van der Waals surface area (Å²) in [5.74, 6) is 1.67. The Hall–Kier alpha value is -0.290. The molecule has 0 radical (unpaired) electrons. The minimum atomic E-state index is -4.05. The molecular formula is C11H19F3N2. The van der Waals surface area contributed by atoms with Crippen LogP contribution in [-0.2, 0) is 0 Å². The fraction of sp³-hybridized carbons (Fsp3) is 1.00. The molecule has 5 heteroatoms. The second-order valence-electron chi connectivity index (χ2n) is 5.14. The number of nitrogens with one attached hydrogen (secondary N) is 1. The summed E-state index contributed by atoms with van der Waals surface area (Å²) in [5.41, 5.74) is 6.07. The van der Waals surface area contributed by atoms with Crippen molar-refractivity contribution in [2.45, 2.75) is 37.9 Å². The molecule has 0 heterocycles. The first-order valence-corrected chi connectivity index (χ1v) is 6.00. The number of fused-ring (bicyclic) bond motifs is 2. The number of hydrogen-bond acceptors (Lipinski definition) is 2. The molecule has 4 atom stereocenters. The molecule has 0 aromatic heterocycles. The summed E-state index contributed by atoms with van der Waals surface area (Å²) in [4.78, 5) is 0. The number of hydrogen-bond donors (Lipinski definition) is 2. The predicted octanol–water partition coefficient (Wildman–Crippen LogP) is 1.90. The van der Waals surface area contributed by atoms with Crippen molar-refractivity contribution in [3.63, 3.8) is 0 Å². The van der Waals surface area contributed by atoms with Crippen LogP contribution in [0, 0.1) is 17.8 Å². The van der Waals surface area contributed by atoms with E-state index < -0.39 is 12.6 Å². The second kappa shape index (κ2) is 4.53. The van der Waals surface area contributed by atoms with Gasteiger partial charge in [0, 0.05) is 12.6 Å². The van der Waals surface area contributed by atoms with Gasteiger partial charge in [-0.3, -0.25) is 0 Å². The van der Waals surface area contributed by atoms with Gasteiger partial charge in [0.05, 0.1) is 6.42 Å². The maximum atomic E-state index is 11.9. The number of nitrogens with two attached hydrogens (primary N) is 1. The maximum absolute atomic E-state index is 11.9. The molecule has 0 aromatic carbocycles. The van der Waals surface area contributed by atoms with Crippen molar-refractivity contribution in [1.29, 1.82) is 0 Å². The van der Waals surface area contributed by atoms with Crippen molar-refractivity contribution in [1.82, 2.24) is 5.32 Å². The van der Waals surface area contributed by atoms with Gasteiger partial charge in [-0.15, -0.1) is 0 Å². The summed E-state index contributed by atoms with van der Waals surface area (Å²) in [6.45, 7) is 0.669. The molecule has 2 bridgehead atoms. The molecule has 0 saturated heterocycles. The Labute approximate surface area is 93.8 Å². The van der Waals surface area contributed by atoms with Crippen LogP contribution in [0.15, 0.2) is 0 Å². The Kier molecular flexibility index (Phi) is 3.45. The number of halogens is 3. The first kappa shape index (κ1) is 12.2. The van der Waals surface area contributed by atoms with Gasteiger partial charge in [0.1, 0.15) is 0 Å². The summed E-state index contributed by atoms with van der Waals surface area (Å²) >= 11 is 0. The molecular weight excluding hydrogens is 217 g/mol. The maximum Gasteiger partial charge on any atom is 0.390 e. The first-order valence-electron chi connectivity index (χ1n) is 6.00. The molecule has 94 valence electrons. The van der Waals surface area contributed by atoms with Gasteiger partial charge < -0.3 is 11.1 Å². The molecule has 2 aliphatic carbocycles. The van der Waals surface area contributed by atoms with Gasteiger partial charge in [0.15, 0.2) is 0 Å². The molecule has 0 amide bonds. The number of alkyl halides is 3. The van der Waals surface area contributed by atoms with Crippen LogP contribution in [0.2, 0.25) is 0 Å². The van der Waals surface area contributed by atoms with E-state index in [1.165, 1.54) is 19.3 Å². The molecule has 2 rings (SSSR count). The molecule has 2 fully saturated rings. The van der Waals surface area contributed by atoms with Crippen LogP contribution in [0.5, 0.6) is 0 Å². The Morgan fingerprint density at radius 3 is 2.44 bits per heavy atom. The van der Waals surface area contributed by atoms with Crippen molar-refractivity contribution < 1.29 is 13.2 Å². The summed E-state index contributed by atoms with van der Waals surface area (Å²) in [5, 5.41) is 2.90. The largest absolute Gasteiger partial charge is 0.390 e. The summed E-state index contributed by atoms with van der Waals surface area (Å²) in [6, 6.07) is 0.206. The highest BCUT2D eigenvalue weighted by atomic mass is 19.4. The lowest BCUT2D eigenvalue weighted by Gasteiger charge is -2.28. The van der Waals surface area contributed by atoms with E-state index in [-0.39, 0.29) is 12.6 Å². The lowest BCUT2D eigenvalue weighted by molar-refractivity contribution is -0.133. The highest BCUT2D eigenvalue weighted by Crippen LogP contribution is 2.47. The van der Waals surface area contributed by atoms with Gasteiger partial charge in [-0.2, -0.15) is 13.2 Å². The SMILES string of the molecule is NC1C2CCC(C2)C1CNCCC(F)(F)F. The van der Waals surface area contributed by atoms with Gasteiger partial charge in [0.25, 0.3) is 0 Å². The third kappa shape index (κ3) is 2.69. The zero-order chi connectivity index (χ0) is 11.8. The van der Waals surface area contributed by atoms with Crippen molar-refractivity contribution in [2.75, 3.05) is 13.1 Å². The van der Waals surface area contributed by atoms with Crippen LogP contribution >= 0.6 is 0 Å². The monoisotopic (exact) mass is 236 g/mol. The third-order valence-electron chi connectivity index (χ3n) is 4.12. The van der Waals surface area contributed by atoms with Crippen LogP contribution < -0.4 is 11.1 Å². The molecule has 2 nitrogen and oxygen atoms in total. The van der Waals surface area contributed by atoms with E-state index >= 15 is 0 Å². The predicted molar refractivity (Wildman–Crippen MR) is 55.8 cm³/mol. The van der Waals surface area contributed by atoms with Crippen molar-refractivity contribution in [3.05, 3.63) is 0 Å². The van der Waals surface area contributed by atoms with Crippen LogP contribution in [-0.4, -0.2) is 25.3 Å². The second-order valence-corrected chi connectivity index (χ2v) is 5.14. The smallest absolute Gasteiger partial charge is 0.327 e. The van der Waals surface area contributed by atoms with Gasteiger partial charge in [0.2, 0.25) is 0 Å².